The van der Waals surface area contributed by atoms with E-state index >= 15 is 0 Å². The lowest BCUT2D eigenvalue weighted by molar-refractivity contribution is 0.210. The van der Waals surface area contributed by atoms with Crippen LogP contribution >= 0.6 is 15.9 Å². The van der Waals surface area contributed by atoms with Crippen LogP contribution in [0.25, 0.3) is 0 Å². The molecule has 0 heterocycles. The highest BCUT2D eigenvalue weighted by molar-refractivity contribution is 9.10. The maximum absolute atomic E-state index is 13.8. The highest BCUT2D eigenvalue weighted by atomic mass is 79.9. The molecule has 3 nitrogen and oxygen atoms in total. The summed E-state index contributed by atoms with van der Waals surface area (Å²) in [7, 11) is 0. The van der Waals surface area contributed by atoms with E-state index < -0.39 is 0 Å². The first-order chi connectivity index (χ1) is 10.2. The Morgan fingerprint density at radius 3 is 2.43 bits per heavy atom. The van der Waals surface area contributed by atoms with Gasteiger partial charge in [0.1, 0.15) is 19.0 Å². The van der Waals surface area contributed by atoms with E-state index in [2.05, 4.69) is 15.9 Å². The van der Waals surface area contributed by atoms with Gasteiger partial charge in [0, 0.05) is 4.47 Å². The van der Waals surface area contributed by atoms with E-state index in [-0.39, 0.29) is 18.2 Å². The third kappa shape index (κ3) is 4.72. The van der Waals surface area contributed by atoms with Gasteiger partial charge in [0.15, 0.2) is 11.6 Å². The van der Waals surface area contributed by atoms with E-state index in [1.807, 2.05) is 30.3 Å². The van der Waals surface area contributed by atoms with Gasteiger partial charge in [0.05, 0.1) is 0 Å². The molecule has 0 saturated carbocycles. The lowest BCUT2D eigenvalue weighted by Crippen LogP contribution is -2.12. The van der Waals surface area contributed by atoms with Gasteiger partial charge >= 0.3 is 0 Å². The molecule has 0 amide bonds. The van der Waals surface area contributed by atoms with Gasteiger partial charge in [0.25, 0.3) is 0 Å². The number of ether oxygens (including phenoxy) is 2. The zero-order chi connectivity index (χ0) is 15.1. The average Bonchev–Trinajstić information content (AvgIpc) is 2.48. The smallest absolute Gasteiger partial charge is 0.165 e. The molecule has 5 heteroatoms. The van der Waals surface area contributed by atoms with Crippen molar-refractivity contribution in [3.05, 3.63) is 58.3 Å². The predicted molar refractivity (Wildman–Crippen MR) is 84.3 cm³/mol. The first-order valence-corrected chi connectivity index (χ1v) is 7.48. The molecule has 0 fully saturated rings. The Bertz CT molecular complexity index is 575. The molecular weight excluding hydrogens is 337 g/mol. The molecule has 2 rings (SSSR count). The Hall–Kier alpha value is -1.59. The number of para-hydroxylation sites is 1. The normalized spacial score (nSPS) is 10.4. The quantitative estimate of drug-likeness (QED) is 0.774. The third-order valence-corrected chi connectivity index (χ3v) is 3.40. The predicted octanol–water partition coefficient (Wildman–Crippen LogP) is 3.55. The average molecular weight is 354 g/mol. The number of benzene rings is 2. The Balaban J connectivity index is 1.87. The van der Waals surface area contributed by atoms with Crippen LogP contribution in [0.4, 0.5) is 4.39 Å². The van der Waals surface area contributed by atoms with Gasteiger partial charge in [-0.3, -0.25) is 0 Å². The standard InChI is InChI=1S/C16H17BrFNO2/c17-13-4-6-14(7-5-13)20-10-11-21-16-12(8-9-19)2-1-3-15(16)18/h1-7H,8-11,19H2. The number of hydrogen-bond acceptors (Lipinski definition) is 3. The Kier molecular flexibility index (Phi) is 6.02. The maximum Gasteiger partial charge on any atom is 0.165 e. The molecule has 0 aromatic heterocycles. The number of hydrogen-bond donors (Lipinski definition) is 1. The molecule has 0 unspecified atom stereocenters. The first kappa shape index (κ1) is 15.8. The van der Waals surface area contributed by atoms with Gasteiger partial charge in [-0.1, -0.05) is 28.1 Å². The molecule has 0 bridgehead atoms. The molecule has 0 spiro atoms. The van der Waals surface area contributed by atoms with E-state index in [1.54, 1.807) is 6.07 Å². The van der Waals surface area contributed by atoms with E-state index in [9.17, 15) is 4.39 Å². The van der Waals surface area contributed by atoms with Crippen molar-refractivity contribution in [1.82, 2.24) is 0 Å². The monoisotopic (exact) mass is 353 g/mol. The molecule has 21 heavy (non-hydrogen) atoms. The fourth-order valence-electron chi connectivity index (χ4n) is 1.90. The Morgan fingerprint density at radius 1 is 1.00 bits per heavy atom. The van der Waals surface area contributed by atoms with E-state index in [4.69, 9.17) is 15.2 Å². The lowest BCUT2D eigenvalue weighted by atomic mass is 10.1. The second-order valence-electron chi connectivity index (χ2n) is 4.42. The van der Waals surface area contributed by atoms with Crippen LogP contribution in [-0.2, 0) is 6.42 Å². The van der Waals surface area contributed by atoms with Gasteiger partial charge in [-0.05, 0) is 48.9 Å². The third-order valence-electron chi connectivity index (χ3n) is 2.87. The van der Waals surface area contributed by atoms with Crippen molar-refractivity contribution >= 4 is 15.9 Å². The maximum atomic E-state index is 13.8. The van der Waals surface area contributed by atoms with E-state index in [0.717, 1.165) is 15.8 Å². The Labute approximate surface area is 132 Å². The molecule has 112 valence electrons. The van der Waals surface area contributed by atoms with Crippen molar-refractivity contribution < 1.29 is 13.9 Å². The zero-order valence-electron chi connectivity index (χ0n) is 11.5. The number of nitrogens with two attached hydrogens (primary N) is 1. The molecular formula is C16H17BrFNO2. The summed E-state index contributed by atoms with van der Waals surface area (Å²) in [6.45, 7) is 1.07. The summed E-state index contributed by atoms with van der Waals surface area (Å²) in [5.41, 5.74) is 6.29. The molecule has 0 atom stereocenters. The van der Waals surface area contributed by atoms with Gasteiger partial charge in [-0.15, -0.1) is 0 Å². The minimum absolute atomic E-state index is 0.266. The highest BCUT2D eigenvalue weighted by Gasteiger charge is 2.09. The topological polar surface area (TPSA) is 44.5 Å². The van der Waals surface area contributed by atoms with Gasteiger partial charge in [-0.2, -0.15) is 0 Å². The van der Waals surface area contributed by atoms with Crippen molar-refractivity contribution in [2.24, 2.45) is 5.73 Å². The van der Waals surface area contributed by atoms with Crippen LogP contribution in [0.15, 0.2) is 46.9 Å². The van der Waals surface area contributed by atoms with Gasteiger partial charge < -0.3 is 15.2 Å². The van der Waals surface area contributed by atoms with Crippen molar-refractivity contribution in [3.63, 3.8) is 0 Å². The van der Waals surface area contributed by atoms with E-state index in [1.165, 1.54) is 6.07 Å². The zero-order valence-corrected chi connectivity index (χ0v) is 13.1. The molecule has 2 aromatic carbocycles. The fraction of sp³-hybridized carbons (Fsp3) is 0.250. The van der Waals surface area contributed by atoms with Gasteiger partial charge in [0.2, 0.25) is 0 Å². The molecule has 0 aliphatic carbocycles. The SMILES string of the molecule is NCCc1cccc(F)c1OCCOc1ccc(Br)cc1. The molecule has 2 aromatic rings. The molecule has 0 aliphatic heterocycles. The largest absolute Gasteiger partial charge is 0.490 e. The summed E-state index contributed by atoms with van der Waals surface area (Å²) in [5, 5.41) is 0. The van der Waals surface area contributed by atoms with Crippen LogP contribution in [-0.4, -0.2) is 19.8 Å². The summed E-state index contributed by atoms with van der Waals surface area (Å²) in [6, 6.07) is 12.4. The molecule has 0 aliphatic rings. The molecule has 0 saturated heterocycles. The van der Waals surface area contributed by atoms with Crippen molar-refractivity contribution in [2.75, 3.05) is 19.8 Å². The minimum atomic E-state index is -0.371. The minimum Gasteiger partial charge on any atom is -0.490 e. The molecule has 2 N–H and O–H groups in total. The summed E-state index contributed by atoms with van der Waals surface area (Å²) in [4.78, 5) is 0. The summed E-state index contributed by atoms with van der Waals surface area (Å²) in [6.07, 6.45) is 0.584. The van der Waals surface area contributed by atoms with Gasteiger partial charge in [-0.25, -0.2) is 4.39 Å². The van der Waals surface area contributed by atoms with Crippen LogP contribution in [0, 0.1) is 5.82 Å². The second-order valence-corrected chi connectivity index (χ2v) is 5.33. The number of rotatable bonds is 7. The van der Waals surface area contributed by atoms with Crippen LogP contribution in [0.5, 0.6) is 11.5 Å². The summed E-state index contributed by atoms with van der Waals surface area (Å²) >= 11 is 3.36. The van der Waals surface area contributed by atoms with Crippen LogP contribution in [0.3, 0.4) is 0 Å². The first-order valence-electron chi connectivity index (χ1n) is 6.69. The Morgan fingerprint density at radius 2 is 1.71 bits per heavy atom. The van der Waals surface area contributed by atoms with Crippen LogP contribution in [0.1, 0.15) is 5.56 Å². The van der Waals surface area contributed by atoms with Crippen LogP contribution in [0.2, 0.25) is 0 Å². The summed E-state index contributed by atoms with van der Waals surface area (Å²) in [5.74, 6) is 0.643. The van der Waals surface area contributed by atoms with Crippen molar-refractivity contribution in [1.29, 1.82) is 0 Å². The fourth-order valence-corrected chi connectivity index (χ4v) is 2.17. The highest BCUT2D eigenvalue weighted by Crippen LogP contribution is 2.23. The lowest BCUT2D eigenvalue weighted by Gasteiger charge is -2.12. The van der Waals surface area contributed by atoms with Crippen molar-refractivity contribution in [2.45, 2.75) is 6.42 Å². The summed E-state index contributed by atoms with van der Waals surface area (Å²) < 4.78 is 25.8. The van der Waals surface area contributed by atoms with Crippen molar-refractivity contribution in [3.8, 4) is 11.5 Å². The molecule has 0 radical (unpaired) electrons. The number of halogens is 2. The van der Waals surface area contributed by atoms with E-state index in [0.29, 0.717) is 19.6 Å². The van der Waals surface area contributed by atoms with Crippen LogP contribution < -0.4 is 15.2 Å². The second kappa shape index (κ2) is 8.00.